The number of hydrogen-bond acceptors (Lipinski definition) is 7. The van der Waals surface area contributed by atoms with Gasteiger partial charge in [-0.15, -0.1) is 0 Å². The van der Waals surface area contributed by atoms with Gasteiger partial charge in [0, 0.05) is 12.6 Å². The summed E-state index contributed by atoms with van der Waals surface area (Å²) in [4.78, 5) is 34.0. The minimum absolute atomic E-state index is 0.118. The number of likely N-dealkylation sites (N-methyl/N-ethyl adjacent to an activating group) is 1. The van der Waals surface area contributed by atoms with Crippen molar-refractivity contribution in [2.75, 3.05) is 6.54 Å². The molecule has 1 aromatic rings. The number of nitro groups is 2. The predicted octanol–water partition coefficient (Wildman–Crippen LogP) is 2.72. The summed E-state index contributed by atoms with van der Waals surface area (Å²) in [5.41, 5.74) is -0.701. The van der Waals surface area contributed by atoms with Crippen molar-refractivity contribution in [3.63, 3.8) is 0 Å². The van der Waals surface area contributed by atoms with Gasteiger partial charge in [-0.05, 0) is 19.1 Å². The number of nitro benzene ring substituents is 2. The SMILES string of the molecule is CCN1C(=O)C(=Cc2ccc([N+](=O)[O-])cc2[N+](=O)[O-])SC1=S. The van der Waals surface area contributed by atoms with Crippen LogP contribution in [-0.4, -0.2) is 31.5 Å². The van der Waals surface area contributed by atoms with Gasteiger partial charge >= 0.3 is 0 Å². The maximum atomic E-state index is 12.1. The van der Waals surface area contributed by atoms with Crippen LogP contribution in [0.1, 0.15) is 12.5 Å². The Morgan fingerprint density at radius 1 is 1.32 bits per heavy atom. The zero-order valence-corrected chi connectivity index (χ0v) is 12.8. The third-order valence-electron chi connectivity index (χ3n) is 2.90. The molecular weight excluding hydrogens is 330 g/mol. The molecular formula is C12H9N3O5S2. The topological polar surface area (TPSA) is 107 Å². The average molecular weight is 339 g/mol. The van der Waals surface area contributed by atoms with E-state index in [4.69, 9.17) is 12.2 Å². The number of carbonyl (C=O) groups is 1. The van der Waals surface area contributed by atoms with Gasteiger partial charge in [0.2, 0.25) is 0 Å². The van der Waals surface area contributed by atoms with Crippen LogP contribution in [0.5, 0.6) is 0 Å². The highest BCUT2D eigenvalue weighted by Gasteiger charge is 2.31. The van der Waals surface area contributed by atoms with E-state index in [0.717, 1.165) is 23.9 Å². The first-order valence-electron chi connectivity index (χ1n) is 6.03. The van der Waals surface area contributed by atoms with E-state index in [1.165, 1.54) is 17.0 Å². The molecule has 2 rings (SSSR count). The Labute approximate surface area is 134 Å². The maximum absolute atomic E-state index is 12.1. The first-order chi connectivity index (χ1) is 10.3. The number of carbonyl (C=O) groups excluding carboxylic acids is 1. The second kappa shape index (κ2) is 6.20. The lowest BCUT2D eigenvalue weighted by Crippen LogP contribution is -2.27. The second-order valence-electron chi connectivity index (χ2n) is 4.18. The van der Waals surface area contributed by atoms with Crippen LogP contribution >= 0.6 is 24.0 Å². The quantitative estimate of drug-likeness (QED) is 0.359. The van der Waals surface area contributed by atoms with Gasteiger partial charge in [0.1, 0.15) is 4.32 Å². The van der Waals surface area contributed by atoms with E-state index in [-0.39, 0.29) is 22.1 Å². The van der Waals surface area contributed by atoms with Crippen LogP contribution in [0.15, 0.2) is 23.1 Å². The van der Waals surface area contributed by atoms with Crippen molar-refractivity contribution in [1.82, 2.24) is 4.90 Å². The number of benzene rings is 1. The van der Waals surface area contributed by atoms with Gasteiger partial charge in [0.15, 0.2) is 0 Å². The summed E-state index contributed by atoms with van der Waals surface area (Å²) >= 11 is 6.10. The van der Waals surface area contributed by atoms with E-state index in [1.807, 2.05) is 0 Å². The van der Waals surface area contributed by atoms with Crippen LogP contribution < -0.4 is 0 Å². The molecule has 114 valence electrons. The molecule has 8 nitrogen and oxygen atoms in total. The fraction of sp³-hybridized carbons (Fsp3) is 0.167. The molecule has 1 amide bonds. The molecule has 22 heavy (non-hydrogen) atoms. The Bertz CT molecular complexity index is 731. The summed E-state index contributed by atoms with van der Waals surface area (Å²) in [6.45, 7) is 2.17. The summed E-state index contributed by atoms with van der Waals surface area (Å²) in [5.74, 6) is -0.329. The standard InChI is InChI=1S/C12H9N3O5S2/c1-2-13-11(16)10(22-12(13)21)5-7-3-4-8(14(17)18)6-9(7)15(19)20/h3-6H,2H2,1H3. The van der Waals surface area contributed by atoms with Crippen molar-refractivity contribution < 1.29 is 14.6 Å². The van der Waals surface area contributed by atoms with Gasteiger partial charge < -0.3 is 0 Å². The Balaban J connectivity index is 2.48. The molecule has 0 radical (unpaired) electrons. The second-order valence-corrected chi connectivity index (χ2v) is 5.86. The molecule has 0 spiro atoms. The van der Waals surface area contributed by atoms with Crippen LogP contribution in [0.25, 0.3) is 6.08 Å². The molecule has 0 N–H and O–H groups in total. The minimum Gasteiger partial charge on any atom is -0.293 e. The Morgan fingerprint density at radius 2 is 2.00 bits per heavy atom. The monoisotopic (exact) mass is 339 g/mol. The van der Waals surface area contributed by atoms with E-state index in [2.05, 4.69) is 0 Å². The van der Waals surface area contributed by atoms with Crippen molar-refractivity contribution in [3.8, 4) is 0 Å². The van der Waals surface area contributed by atoms with E-state index in [0.29, 0.717) is 10.9 Å². The van der Waals surface area contributed by atoms with E-state index < -0.39 is 15.5 Å². The molecule has 0 unspecified atom stereocenters. The fourth-order valence-electron chi connectivity index (χ4n) is 1.84. The number of thioether (sulfide) groups is 1. The Morgan fingerprint density at radius 3 is 2.50 bits per heavy atom. The van der Waals surface area contributed by atoms with Gasteiger partial charge in [0.05, 0.1) is 26.4 Å². The highest BCUT2D eigenvalue weighted by Crippen LogP contribution is 2.34. The van der Waals surface area contributed by atoms with Crippen LogP contribution in [0.2, 0.25) is 0 Å². The van der Waals surface area contributed by atoms with E-state index in [1.54, 1.807) is 6.92 Å². The molecule has 1 fully saturated rings. The molecule has 0 bridgehead atoms. The summed E-state index contributed by atoms with van der Waals surface area (Å²) < 4.78 is 0.378. The zero-order chi connectivity index (χ0) is 16.4. The molecule has 0 aromatic heterocycles. The minimum atomic E-state index is -0.723. The van der Waals surface area contributed by atoms with E-state index in [9.17, 15) is 25.0 Å². The molecule has 1 heterocycles. The number of nitrogens with zero attached hydrogens (tertiary/aromatic N) is 3. The molecule has 1 aliphatic heterocycles. The lowest BCUT2D eigenvalue weighted by Gasteiger charge is -2.09. The summed E-state index contributed by atoms with van der Waals surface area (Å²) in [6, 6.07) is 3.26. The number of thiocarbonyl (C=S) groups is 1. The number of non-ortho nitro benzene ring substituents is 1. The summed E-state index contributed by atoms with van der Waals surface area (Å²) in [7, 11) is 0. The molecule has 1 aliphatic rings. The highest BCUT2D eigenvalue weighted by molar-refractivity contribution is 8.26. The molecule has 10 heteroatoms. The maximum Gasteiger partial charge on any atom is 0.283 e. The normalized spacial score (nSPS) is 16.4. The molecule has 0 atom stereocenters. The average Bonchev–Trinajstić information content (AvgIpc) is 2.72. The van der Waals surface area contributed by atoms with Gasteiger partial charge in [-0.1, -0.05) is 24.0 Å². The first-order valence-corrected chi connectivity index (χ1v) is 7.25. The van der Waals surface area contributed by atoms with Crippen LogP contribution in [-0.2, 0) is 4.79 Å². The summed E-state index contributed by atoms with van der Waals surface area (Å²) in [5, 5.41) is 21.8. The fourth-order valence-corrected chi connectivity index (χ4v) is 3.21. The Hall–Kier alpha value is -2.33. The van der Waals surface area contributed by atoms with Crippen molar-refractivity contribution >= 4 is 51.7 Å². The van der Waals surface area contributed by atoms with Crippen molar-refractivity contribution in [1.29, 1.82) is 0 Å². The number of rotatable bonds is 4. The Kier molecular flexibility index (Phi) is 4.52. The zero-order valence-electron chi connectivity index (χ0n) is 11.2. The summed E-state index contributed by atoms with van der Waals surface area (Å²) in [6.07, 6.45) is 1.33. The van der Waals surface area contributed by atoms with Gasteiger partial charge in [-0.2, -0.15) is 0 Å². The van der Waals surface area contributed by atoms with Crippen LogP contribution in [0.3, 0.4) is 0 Å². The molecule has 1 aromatic carbocycles. The van der Waals surface area contributed by atoms with Crippen molar-refractivity contribution in [3.05, 3.63) is 48.9 Å². The lowest BCUT2D eigenvalue weighted by atomic mass is 10.1. The van der Waals surface area contributed by atoms with Crippen LogP contribution in [0, 0.1) is 20.2 Å². The third kappa shape index (κ3) is 2.97. The molecule has 1 saturated heterocycles. The van der Waals surface area contributed by atoms with Crippen molar-refractivity contribution in [2.45, 2.75) is 6.92 Å². The van der Waals surface area contributed by atoms with E-state index >= 15 is 0 Å². The number of hydrogen-bond donors (Lipinski definition) is 0. The molecule has 0 saturated carbocycles. The largest absolute Gasteiger partial charge is 0.293 e. The van der Waals surface area contributed by atoms with Gasteiger partial charge in [0.25, 0.3) is 17.3 Å². The highest BCUT2D eigenvalue weighted by atomic mass is 32.2. The van der Waals surface area contributed by atoms with Gasteiger partial charge in [-0.3, -0.25) is 29.9 Å². The van der Waals surface area contributed by atoms with Crippen molar-refractivity contribution in [2.24, 2.45) is 0 Å². The molecule has 0 aliphatic carbocycles. The lowest BCUT2D eigenvalue weighted by molar-refractivity contribution is -0.394. The van der Waals surface area contributed by atoms with Gasteiger partial charge in [-0.25, -0.2) is 0 Å². The predicted molar refractivity (Wildman–Crippen MR) is 85.3 cm³/mol. The first kappa shape index (κ1) is 16.0. The number of amides is 1. The smallest absolute Gasteiger partial charge is 0.283 e. The van der Waals surface area contributed by atoms with Crippen LogP contribution in [0.4, 0.5) is 11.4 Å². The third-order valence-corrected chi connectivity index (χ3v) is 4.28.